The fraction of sp³-hybridized carbons (Fsp3) is 0.462. The Balaban J connectivity index is 2.39. The average molecular weight is 255 g/mol. The van der Waals surface area contributed by atoms with E-state index >= 15 is 0 Å². The van der Waals surface area contributed by atoms with E-state index in [4.69, 9.17) is 0 Å². The van der Waals surface area contributed by atoms with Crippen LogP contribution in [0.4, 0.5) is 14.5 Å². The van der Waals surface area contributed by atoms with Crippen molar-refractivity contribution in [2.75, 3.05) is 5.32 Å². The van der Waals surface area contributed by atoms with Gasteiger partial charge >= 0.3 is 6.61 Å². The van der Waals surface area contributed by atoms with Crippen molar-refractivity contribution in [2.45, 2.75) is 38.7 Å². The second kappa shape index (κ2) is 4.55. The van der Waals surface area contributed by atoms with Gasteiger partial charge in [-0.25, -0.2) is 0 Å². The summed E-state index contributed by atoms with van der Waals surface area (Å²) in [6.07, 6.45) is 1.51. The fourth-order valence-electron chi connectivity index (χ4n) is 2.40. The van der Waals surface area contributed by atoms with Crippen LogP contribution < -0.4 is 10.1 Å². The molecule has 0 saturated heterocycles. The van der Waals surface area contributed by atoms with Gasteiger partial charge in [0.25, 0.3) is 0 Å². The van der Waals surface area contributed by atoms with Crippen molar-refractivity contribution < 1.29 is 18.3 Å². The first-order valence-electron chi connectivity index (χ1n) is 5.88. The van der Waals surface area contributed by atoms with Crippen molar-refractivity contribution in [1.29, 1.82) is 0 Å². The molecular formula is C13H15F2NO2. The SMILES string of the molecule is CCCC1(C)C(=O)Nc2ccc(OC(F)F)cc21. The standard InChI is InChI=1S/C13H15F2NO2/c1-3-6-13(2)9-7-8(18-12(14)15)4-5-10(9)16-11(13)17/h4-5,7,12H,3,6H2,1-2H3,(H,16,17). The Bertz CT molecular complexity index is 476. The van der Waals surface area contributed by atoms with Gasteiger partial charge < -0.3 is 10.1 Å². The van der Waals surface area contributed by atoms with E-state index in [1.807, 2.05) is 13.8 Å². The molecule has 0 bridgehead atoms. The topological polar surface area (TPSA) is 38.3 Å². The molecule has 98 valence electrons. The number of rotatable bonds is 4. The molecule has 1 heterocycles. The van der Waals surface area contributed by atoms with E-state index in [1.165, 1.54) is 12.1 Å². The summed E-state index contributed by atoms with van der Waals surface area (Å²) in [5.74, 6) is -0.00359. The van der Waals surface area contributed by atoms with Gasteiger partial charge in [0, 0.05) is 5.69 Å². The number of carbonyl (C=O) groups is 1. The second-order valence-corrected chi connectivity index (χ2v) is 4.62. The lowest BCUT2D eigenvalue weighted by molar-refractivity contribution is -0.120. The van der Waals surface area contributed by atoms with Crippen LogP contribution in [0.2, 0.25) is 0 Å². The summed E-state index contributed by atoms with van der Waals surface area (Å²) in [7, 11) is 0. The highest BCUT2D eigenvalue weighted by molar-refractivity contribution is 6.06. The Morgan fingerprint density at radius 1 is 1.44 bits per heavy atom. The monoisotopic (exact) mass is 255 g/mol. The predicted octanol–water partition coefficient (Wildman–Crippen LogP) is 3.30. The number of nitrogens with one attached hydrogen (secondary N) is 1. The number of alkyl halides is 2. The van der Waals surface area contributed by atoms with Crippen LogP contribution in [-0.4, -0.2) is 12.5 Å². The molecule has 2 rings (SSSR count). The molecule has 1 unspecified atom stereocenters. The summed E-state index contributed by atoms with van der Waals surface area (Å²) >= 11 is 0. The van der Waals surface area contributed by atoms with Gasteiger partial charge in [0.05, 0.1) is 5.41 Å². The quantitative estimate of drug-likeness (QED) is 0.896. The van der Waals surface area contributed by atoms with Crippen molar-refractivity contribution in [2.24, 2.45) is 0 Å². The number of anilines is 1. The minimum absolute atomic E-state index is 0.0857. The van der Waals surface area contributed by atoms with E-state index in [9.17, 15) is 13.6 Å². The van der Waals surface area contributed by atoms with Gasteiger partial charge in [-0.1, -0.05) is 13.3 Å². The molecule has 0 aromatic heterocycles. The highest BCUT2D eigenvalue weighted by Crippen LogP contribution is 2.42. The maximum absolute atomic E-state index is 12.2. The minimum Gasteiger partial charge on any atom is -0.435 e. The largest absolute Gasteiger partial charge is 0.435 e. The van der Waals surface area contributed by atoms with E-state index in [0.717, 1.165) is 12.0 Å². The molecule has 0 aliphatic carbocycles. The van der Waals surface area contributed by atoms with Gasteiger partial charge in [0.15, 0.2) is 0 Å². The lowest BCUT2D eigenvalue weighted by Gasteiger charge is -2.21. The molecule has 0 fully saturated rings. The van der Waals surface area contributed by atoms with Crippen LogP contribution in [0, 0.1) is 0 Å². The van der Waals surface area contributed by atoms with Crippen molar-refractivity contribution in [3.05, 3.63) is 23.8 Å². The Hall–Kier alpha value is -1.65. The molecule has 0 radical (unpaired) electrons. The molecule has 18 heavy (non-hydrogen) atoms. The van der Waals surface area contributed by atoms with Gasteiger partial charge in [-0.15, -0.1) is 0 Å². The maximum atomic E-state index is 12.2. The molecule has 0 saturated carbocycles. The number of halogens is 2. The molecule has 0 spiro atoms. The van der Waals surface area contributed by atoms with Crippen LogP contribution >= 0.6 is 0 Å². The first-order chi connectivity index (χ1) is 8.47. The molecule has 1 N–H and O–H groups in total. The van der Waals surface area contributed by atoms with E-state index in [1.54, 1.807) is 6.07 Å². The smallest absolute Gasteiger partial charge is 0.387 e. The first kappa shape index (κ1) is 12.8. The van der Waals surface area contributed by atoms with Crippen molar-refractivity contribution in [1.82, 2.24) is 0 Å². The lowest BCUT2D eigenvalue weighted by atomic mass is 9.80. The van der Waals surface area contributed by atoms with Crippen LogP contribution in [0.1, 0.15) is 32.3 Å². The molecule has 1 aliphatic rings. The second-order valence-electron chi connectivity index (χ2n) is 4.62. The lowest BCUT2D eigenvalue weighted by Crippen LogP contribution is -2.30. The Morgan fingerprint density at radius 3 is 2.78 bits per heavy atom. The number of fused-ring (bicyclic) bond motifs is 1. The van der Waals surface area contributed by atoms with E-state index < -0.39 is 12.0 Å². The minimum atomic E-state index is -2.86. The summed E-state index contributed by atoms with van der Waals surface area (Å²) < 4.78 is 28.7. The number of benzene rings is 1. The number of hydrogen-bond donors (Lipinski definition) is 1. The summed E-state index contributed by atoms with van der Waals surface area (Å²) in [5.41, 5.74) is 0.746. The van der Waals surface area contributed by atoms with Crippen LogP contribution in [0.5, 0.6) is 5.75 Å². The van der Waals surface area contributed by atoms with Gasteiger partial charge in [-0.05, 0) is 37.1 Å². The number of carbonyl (C=O) groups excluding carboxylic acids is 1. The normalized spacial score (nSPS) is 21.9. The van der Waals surface area contributed by atoms with Crippen molar-refractivity contribution >= 4 is 11.6 Å². The summed E-state index contributed by atoms with van der Waals surface area (Å²) in [4.78, 5) is 12.0. The highest BCUT2D eigenvalue weighted by Gasteiger charge is 2.42. The number of amides is 1. The van der Waals surface area contributed by atoms with Gasteiger partial charge in [0.1, 0.15) is 5.75 Å². The predicted molar refractivity (Wildman–Crippen MR) is 64.0 cm³/mol. The van der Waals surface area contributed by atoms with E-state index in [-0.39, 0.29) is 11.7 Å². The van der Waals surface area contributed by atoms with E-state index in [2.05, 4.69) is 10.1 Å². The third kappa shape index (κ3) is 2.05. The summed E-state index contributed by atoms with van der Waals surface area (Å²) in [6, 6.07) is 4.56. The molecule has 1 atom stereocenters. The van der Waals surface area contributed by atoms with Crippen molar-refractivity contribution in [3.8, 4) is 5.75 Å². The zero-order chi connectivity index (χ0) is 13.3. The zero-order valence-electron chi connectivity index (χ0n) is 10.3. The molecule has 5 heteroatoms. The Morgan fingerprint density at radius 2 is 2.17 bits per heavy atom. The van der Waals surface area contributed by atoms with Crippen LogP contribution in [0.25, 0.3) is 0 Å². The summed E-state index contributed by atoms with van der Waals surface area (Å²) in [6.45, 7) is 0.949. The Labute approximate surface area is 104 Å². The maximum Gasteiger partial charge on any atom is 0.387 e. The third-order valence-corrected chi connectivity index (χ3v) is 3.31. The average Bonchev–Trinajstić information content (AvgIpc) is 2.52. The zero-order valence-corrected chi connectivity index (χ0v) is 10.3. The van der Waals surface area contributed by atoms with E-state index in [0.29, 0.717) is 12.1 Å². The van der Waals surface area contributed by atoms with Crippen LogP contribution in [-0.2, 0) is 10.2 Å². The third-order valence-electron chi connectivity index (χ3n) is 3.31. The van der Waals surface area contributed by atoms with Gasteiger partial charge in [-0.2, -0.15) is 8.78 Å². The molecule has 1 amide bonds. The highest BCUT2D eigenvalue weighted by atomic mass is 19.3. The fourth-order valence-corrected chi connectivity index (χ4v) is 2.40. The molecule has 1 aromatic carbocycles. The number of ether oxygens (including phenoxy) is 1. The van der Waals surface area contributed by atoms with Crippen LogP contribution in [0.15, 0.2) is 18.2 Å². The van der Waals surface area contributed by atoms with Crippen molar-refractivity contribution in [3.63, 3.8) is 0 Å². The Kier molecular flexibility index (Phi) is 3.24. The molecule has 1 aromatic rings. The van der Waals surface area contributed by atoms with Crippen LogP contribution in [0.3, 0.4) is 0 Å². The first-order valence-corrected chi connectivity index (χ1v) is 5.88. The van der Waals surface area contributed by atoms with Gasteiger partial charge in [-0.3, -0.25) is 4.79 Å². The molecule has 3 nitrogen and oxygen atoms in total. The van der Waals surface area contributed by atoms with Gasteiger partial charge in [0.2, 0.25) is 5.91 Å². The summed E-state index contributed by atoms with van der Waals surface area (Å²) in [5, 5.41) is 2.77. The molecular weight excluding hydrogens is 240 g/mol. The number of hydrogen-bond acceptors (Lipinski definition) is 2. The molecule has 1 aliphatic heterocycles.